The van der Waals surface area contributed by atoms with Gasteiger partial charge in [-0.25, -0.2) is 0 Å². The van der Waals surface area contributed by atoms with Gasteiger partial charge in [-0.15, -0.1) is 0 Å². The molecule has 0 unspecified atom stereocenters. The van der Waals surface area contributed by atoms with Crippen LogP contribution in [0.15, 0.2) is 30.1 Å². The molecule has 0 atom stereocenters. The van der Waals surface area contributed by atoms with Crippen molar-refractivity contribution in [2.45, 2.75) is 6.92 Å². The fraction of sp³-hybridized carbons (Fsp3) is 0.125. The third kappa shape index (κ3) is 2.16. The summed E-state index contributed by atoms with van der Waals surface area (Å²) in [7, 11) is 0. The molecule has 1 heterocycles. The summed E-state index contributed by atoms with van der Waals surface area (Å²) in [6.45, 7) is 1.44. The van der Waals surface area contributed by atoms with Crippen LogP contribution in [0.1, 0.15) is 12.6 Å². The molecule has 0 N–H and O–H groups in total. The van der Waals surface area contributed by atoms with E-state index in [0.717, 1.165) is 0 Å². The van der Waals surface area contributed by atoms with Crippen LogP contribution < -0.4 is 0 Å². The maximum absolute atomic E-state index is 10.2. The zero-order chi connectivity index (χ0) is 8.97. The molecule has 0 radical (unpaired) electrons. The van der Waals surface area contributed by atoms with Crippen molar-refractivity contribution in [1.82, 2.24) is 4.98 Å². The Kier molecular flexibility index (Phi) is 2.53. The first kappa shape index (κ1) is 8.39. The molecule has 4 nitrogen and oxygen atoms in total. The summed E-state index contributed by atoms with van der Waals surface area (Å²) < 4.78 is 0. The van der Waals surface area contributed by atoms with Crippen molar-refractivity contribution in [3.8, 4) is 0 Å². The minimum absolute atomic E-state index is 0.0914. The molecule has 0 aromatic carbocycles. The molecule has 1 aromatic rings. The fourth-order valence-electron chi connectivity index (χ4n) is 0.728. The van der Waals surface area contributed by atoms with E-state index in [2.05, 4.69) is 4.98 Å². The molecule has 0 saturated heterocycles. The average Bonchev–Trinajstić information content (AvgIpc) is 2.06. The fourth-order valence-corrected chi connectivity index (χ4v) is 0.728. The van der Waals surface area contributed by atoms with Crippen LogP contribution in [0.4, 0.5) is 0 Å². The predicted octanol–water partition coefficient (Wildman–Crippen LogP) is 1.72. The third-order valence-corrected chi connectivity index (χ3v) is 1.33. The van der Waals surface area contributed by atoms with Crippen LogP contribution in [0, 0.1) is 10.1 Å². The highest BCUT2D eigenvalue weighted by Crippen LogP contribution is 2.02. The van der Waals surface area contributed by atoms with E-state index in [1.165, 1.54) is 13.0 Å². The van der Waals surface area contributed by atoms with Crippen LogP contribution in [0.3, 0.4) is 0 Å². The Bertz CT molecular complexity index is 306. The Hall–Kier alpha value is -1.71. The lowest BCUT2D eigenvalue weighted by Crippen LogP contribution is -1.93. The van der Waals surface area contributed by atoms with Crippen molar-refractivity contribution < 1.29 is 4.92 Å². The molecule has 12 heavy (non-hydrogen) atoms. The molecule has 1 aromatic heterocycles. The van der Waals surface area contributed by atoms with Gasteiger partial charge in [0.25, 0.3) is 0 Å². The Morgan fingerprint density at radius 3 is 2.92 bits per heavy atom. The lowest BCUT2D eigenvalue weighted by molar-refractivity contribution is -0.422. The van der Waals surface area contributed by atoms with Crippen LogP contribution in [0.2, 0.25) is 0 Å². The monoisotopic (exact) mass is 164 g/mol. The van der Waals surface area contributed by atoms with E-state index in [9.17, 15) is 10.1 Å². The van der Waals surface area contributed by atoms with Crippen LogP contribution in [0.5, 0.6) is 0 Å². The quantitative estimate of drug-likeness (QED) is 0.494. The van der Waals surface area contributed by atoms with Gasteiger partial charge in [-0.2, -0.15) is 0 Å². The highest BCUT2D eigenvalue weighted by molar-refractivity contribution is 5.45. The smallest absolute Gasteiger partial charge is 0.245 e. The second-order valence-corrected chi connectivity index (χ2v) is 2.30. The summed E-state index contributed by atoms with van der Waals surface area (Å²) in [5, 5.41) is 10.2. The van der Waals surface area contributed by atoms with Gasteiger partial charge >= 0.3 is 0 Å². The van der Waals surface area contributed by atoms with Crippen molar-refractivity contribution in [2.75, 3.05) is 0 Å². The molecule has 0 aliphatic rings. The Balaban J connectivity index is 2.89. The Labute approximate surface area is 69.7 Å². The number of nitrogens with zero attached hydrogens (tertiary/aromatic N) is 2. The van der Waals surface area contributed by atoms with E-state index in [0.29, 0.717) is 5.69 Å². The van der Waals surface area contributed by atoms with Gasteiger partial charge in [0.2, 0.25) is 5.70 Å². The van der Waals surface area contributed by atoms with E-state index < -0.39 is 4.92 Å². The van der Waals surface area contributed by atoms with Crippen LogP contribution in [-0.4, -0.2) is 9.91 Å². The lowest BCUT2D eigenvalue weighted by Gasteiger charge is -1.90. The minimum atomic E-state index is -0.436. The van der Waals surface area contributed by atoms with E-state index in [-0.39, 0.29) is 5.70 Å². The summed E-state index contributed by atoms with van der Waals surface area (Å²) >= 11 is 0. The van der Waals surface area contributed by atoms with Gasteiger partial charge in [0.05, 0.1) is 10.6 Å². The van der Waals surface area contributed by atoms with Crippen molar-refractivity contribution in [3.63, 3.8) is 0 Å². The average molecular weight is 164 g/mol. The van der Waals surface area contributed by atoms with Crippen LogP contribution >= 0.6 is 0 Å². The van der Waals surface area contributed by atoms with Crippen molar-refractivity contribution in [1.29, 1.82) is 0 Å². The summed E-state index contributed by atoms with van der Waals surface area (Å²) in [5.74, 6) is 0. The third-order valence-electron chi connectivity index (χ3n) is 1.33. The molecule has 4 heteroatoms. The van der Waals surface area contributed by atoms with Crippen LogP contribution in [-0.2, 0) is 0 Å². The number of hydrogen-bond acceptors (Lipinski definition) is 3. The molecule has 0 bridgehead atoms. The number of hydrogen-bond donors (Lipinski definition) is 0. The lowest BCUT2D eigenvalue weighted by atomic mass is 10.3. The molecule has 1 rings (SSSR count). The summed E-state index contributed by atoms with van der Waals surface area (Å²) in [5.41, 5.74) is 0.695. The highest BCUT2D eigenvalue weighted by atomic mass is 16.6. The molecular formula is C8H8N2O2. The molecule has 0 aliphatic heterocycles. The first-order valence-electron chi connectivity index (χ1n) is 3.44. The van der Waals surface area contributed by atoms with Crippen molar-refractivity contribution >= 4 is 6.08 Å². The van der Waals surface area contributed by atoms with Gasteiger partial charge in [0.1, 0.15) is 0 Å². The molecule has 62 valence electrons. The predicted molar refractivity (Wildman–Crippen MR) is 44.9 cm³/mol. The van der Waals surface area contributed by atoms with E-state index in [1.54, 1.807) is 24.4 Å². The van der Waals surface area contributed by atoms with E-state index in [1.807, 2.05) is 0 Å². The largest absolute Gasteiger partial charge is 0.259 e. The van der Waals surface area contributed by atoms with Gasteiger partial charge < -0.3 is 0 Å². The number of pyridine rings is 1. The van der Waals surface area contributed by atoms with Crippen molar-refractivity contribution in [3.05, 3.63) is 45.9 Å². The summed E-state index contributed by atoms with van der Waals surface area (Å²) in [4.78, 5) is 13.7. The molecule has 0 amide bonds. The first-order valence-corrected chi connectivity index (χ1v) is 3.44. The molecule has 0 aliphatic carbocycles. The zero-order valence-corrected chi connectivity index (χ0v) is 6.60. The van der Waals surface area contributed by atoms with Crippen LogP contribution in [0.25, 0.3) is 6.08 Å². The number of allylic oxidation sites excluding steroid dienone is 1. The number of rotatable bonds is 2. The summed E-state index contributed by atoms with van der Waals surface area (Å²) in [6.07, 6.45) is 3.03. The normalized spacial score (nSPS) is 11.2. The Morgan fingerprint density at radius 1 is 1.67 bits per heavy atom. The van der Waals surface area contributed by atoms with Gasteiger partial charge in [0, 0.05) is 19.2 Å². The molecular weight excluding hydrogens is 156 g/mol. The minimum Gasteiger partial charge on any atom is -0.259 e. The first-order chi connectivity index (χ1) is 5.70. The van der Waals surface area contributed by atoms with Crippen molar-refractivity contribution in [2.24, 2.45) is 0 Å². The standard InChI is InChI=1S/C8H8N2O2/c1-7(10(11)12)6-8-4-2-3-5-9-8/h2-6H,1H3/b7-6-. The summed E-state index contributed by atoms with van der Waals surface area (Å²) in [6, 6.07) is 5.26. The van der Waals surface area contributed by atoms with Gasteiger partial charge in [-0.05, 0) is 12.1 Å². The maximum atomic E-state index is 10.2. The maximum Gasteiger partial charge on any atom is 0.245 e. The number of aromatic nitrogens is 1. The second-order valence-electron chi connectivity index (χ2n) is 2.30. The Morgan fingerprint density at radius 2 is 2.42 bits per heavy atom. The highest BCUT2D eigenvalue weighted by Gasteiger charge is 2.01. The molecule has 0 spiro atoms. The molecule has 0 saturated carbocycles. The zero-order valence-electron chi connectivity index (χ0n) is 6.60. The van der Waals surface area contributed by atoms with E-state index >= 15 is 0 Å². The van der Waals surface area contributed by atoms with Gasteiger partial charge in [0.15, 0.2) is 0 Å². The number of nitro groups is 1. The topological polar surface area (TPSA) is 56.0 Å². The van der Waals surface area contributed by atoms with Gasteiger partial charge in [-0.1, -0.05) is 6.07 Å². The van der Waals surface area contributed by atoms with Gasteiger partial charge in [-0.3, -0.25) is 15.1 Å². The SMILES string of the molecule is C/C(=C/c1ccccn1)[N+](=O)[O-]. The molecule has 0 fully saturated rings. The second kappa shape index (κ2) is 3.61. The van der Waals surface area contributed by atoms with E-state index in [4.69, 9.17) is 0 Å².